The number of anilines is 2. The normalized spacial score (nSPS) is 16.1. The molecule has 1 fully saturated rings. The fourth-order valence-electron chi connectivity index (χ4n) is 4.69. The number of hydrogen-bond acceptors (Lipinski definition) is 3. The van der Waals surface area contributed by atoms with Crippen LogP contribution in [-0.2, 0) is 16.1 Å². The molecule has 0 bridgehead atoms. The quantitative estimate of drug-likeness (QED) is 0.497. The van der Waals surface area contributed by atoms with E-state index in [4.69, 9.17) is 4.74 Å². The Bertz CT molecular complexity index is 1340. The van der Waals surface area contributed by atoms with Gasteiger partial charge < -0.3 is 19.5 Å². The minimum absolute atomic E-state index is 0.0730. The maximum atomic E-state index is 13.0. The number of aromatic nitrogens is 1. The van der Waals surface area contributed by atoms with Gasteiger partial charge in [-0.15, -0.1) is 0 Å². The average Bonchev–Trinajstić information content (AvgIpc) is 3.36. The van der Waals surface area contributed by atoms with E-state index in [9.17, 15) is 9.59 Å². The molecule has 3 aromatic carbocycles. The molecule has 1 aliphatic rings. The number of nitrogens with zero attached hydrogens (tertiary/aromatic N) is 2. The number of para-hydroxylation sites is 3. The fourth-order valence-corrected chi connectivity index (χ4v) is 4.69. The van der Waals surface area contributed by atoms with Gasteiger partial charge in [0.2, 0.25) is 11.8 Å². The lowest BCUT2D eigenvalue weighted by molar-refractivity contribution is -0.122. The molecule has 4 aromatic rings. The SMILES string of the molecule is CCn1c2ccccc2c2cc(NC(=O)C3CC(=O)N(c4ccccc4OC)C3)ccc21. The Kier molecular flexibility index (Phi) is 5.05. The van der Waals surface area contributed by atoms with E-state index in [0.717, 1.165) is 23.1 Å². The molecule has 0 aliphatic carbocycles. The van der Waals surface area contributed by atoms with E-state index >= 15 is 0 Å². The van der Waals surface area contributed by atoms with Crippen molar-refractivity contribution in [3.8, 4) is 5.75 Å². The van der Waals surface area contributed by atoms with Crippen LogP contribution in [0.15, 0.2) is 66.7 Å². The van der Waals surface area contributed by atoms with Gasteiger partial charge in [-0.05, 0) is 43.3 Å². The van der Waals surface area contributed by atoms with Gasteiger partial charge in [-0.1, -0.05) is 30.3 Å². The first-order valence-electron chi connectivity index (χ1n) is 10.9. The van der Waals surface area contributed by atoms with Crippen molar-refractivity contribution in [2.45, 2.75) is 19.9 Å². The van der Waals surface area contributed by atoms with Gasteiger partial charge in [-0.25, -0.2) is 0 Å². The number of carbonyl (C=O) groups is 2. The molecule has 32 heavy (non-hydrogen) atoms. The molecule has 1 unspecified atom stereocenters. The van der Waals surface area contributed by atoms with Crippen molar-refractivity contribution in [2.24, 2.45) is 5.92 Å². The highest BCUT2D eigenvalue weighted by atomic mass is 16.5. The van der Waals surface area contributed by atoms with Crippen LogP contribution in [0.25, 0.3) is 21.8 Å². The molecule has 6 heteroatoms. The molecule has 5 rings (SSSR count). The zero-order chi connectivity index (χ0) is 22.2. The van der Waals surface area contributed by atoms with Crippen molar-refractivity contribution in [1.29, 1.82) is 0 Å². The first-order valence-corrected chi connectivity index (χ1v) is 10.9. The summed E-state index contributed by atoms with van der Waals surface area (Å²) >= 11 is 0. The molecule has 2 heterocycles. The van der Waals surface area contributed by atoms with E-state index in [0.29, 0.717) is 18.0 Å². The number of nitrogens with one attached hydrogen (secondary N) is 1. The number of hydrogen-bond donors (Lipinski definition) is 1. The summed E-state index contributed by atoms with van der Waals surface area (Å²) in [6.45, 7) is 3.34. The van der Waals surface area contributed by atoms with Crippen LogP contribution in [0.5, 0.6) is 5.75 Å². The highest BCUT2D eigenvalue weighted by Gasteiger charge is 2.36. The molecular weight excluding hydrogens is 402 g/mol. The maximum absolute atomic E-state index is 13.0. The number of ether oxygens (including phenoxy) is 1. The van der Waals surface area contributed by atoms with Crippen molar-refractivity contribution in [1.82, 2.24) is 4.57 Å². The Morgan fingerprint density at radius 1 is 1.03 bits per heavy atom. The van der Waals surface area contributed by atoms with Crippen molar-refractivity contribution in [3.63, 3.8) is 0 Å². The van der Waals surface area contributed by atoms with Gasteiger partial charge in [-0.3, -0.25) is 9.59 Å². The molecule has 2 amide bonds. The third-order valence-electron chi connectivity index (χ3n) is 6.23. The molecule has 0 saturated carbocycles. The maximum Gasteiger partial charge on any atom is 0.229 e. The predicted octanol–water partition coefficient (Wildman–Crippen LogP) is 4.81. The zero-order valence-corrected chi connectivity index (χ0v) is 18.2. The molecule has 1 aliphatic heterocycles. The lowest BCUT2D eigenvalue weighted by atomic mass is 10.1. The van der Waals surface area contributed by atoms with E-state index in [-0.39, 0.29) is 18.2 Å². The predicted molar refractivity (Wildman–Crippen MR) is 127 cm³/mol. The summed E-state index contributed by atoms with van der Waals surface area (Å²) < 4.78 is 7.66. The van der Waals surface area contributed by atoms with Crippen molar-refractivity contribution >= 4 is 45.0 Å². The number of aryl methyl sites for hydroxylation is 1. The van der Waals surface area contributed by atoms with Crippen LogP contribution < -0.4 is 15.0 Å². The number of amides is 2. The van der Waals surface area contributed by atoms with Crippen LogP contribution in [0.4, 0.5) is 11.4 Å². The summed E-state index contributed by atoms with van der Waals surface area (Å²) in [4.78, 5) is 27.3. The van der Waals surface area contributed by atoms with Gasteiger partial charge in [-0.2, -0.15) is 0 Å². The average molecular weight is 428 g/mol. The van der Waals surface area contributed by atoms with Crippen LogP contribution in [0.2, 0.25) is 0 Å². The van der Waals surface area contributed by atoms with Crippen LogP contribution in [0, 0.1) is 5.92 Å². The molecule has 1 aromatic heterocycles. The third kappa shape index (κ3) is 3.28. The number of methoxy groups -OCH3 is 1. The number of fused-ring (bicyclic) bond motifs is 3. The second-order valence-electron chi connectivity index (χ2n) is 8.06. The summed E-state index contributed by atoms with van der Waals surface area (Å²) in [5.74, 6) is -0.00906. The Balaban J connectivity index is 1.39. The standard InChI is InChI=1S/C26H25N3O3/c1-3-28-21-9-5-4-8-19(21)20-15-18(12-13-22(20)28)27-26(31)17-14-25(30)29(16-17)23-10-6-7-11-24(23)32-2/h4-13,15,17H,3,14,16H2,1-2H3,(H,27,31). The number of carbonyl (C=O) groups excluding carboxylic acids is 2. The highest BCUT2D eigenvalue weighted by Crippen LogP contribution is 2.34. The smallest absolute Gasteiger partial charge is 0.229 e. The molecule has 1 atom stereocenters. The van der Waals surface area contributed by atoms with Crippen LogP contribution >= 0.6 is 0 Å². The summed E-state index contributed by atoms with van der Waals surface area (Å²) in [5.41, 5.74) is 3.76. The largest absolute Gasteiger partial charge is 0.495 e. The minimum Gasteiger partial charge on any atom is -0.495 e. The van der Waals surface area contributed by atoms with Crippen LogP contribution in [0.1, 0.15) is 13.3 Å². The summed E-state index contributed by atoms with van der Waals surface area (Å²) in [5, 5.41) is 5.31. The first kappa shape index (κ1) is 20.1. The summed E-state index contributed by atoms with van der Waals surface area (Å²) in [7, 11) is 1.58. The molecule has 1 N–H and O–H groups in total. The molecule has 1 saturated heterocycles. The molecule has 0 spiro atoms. The lowest BCUT2D eigenvalue weighted by Crippen LogP contribution is -2.28. The highest BCUT2D eigenvalue weighted by molar-refractivity contribution is 6.10. The first-order chi connectivity index (χ1) is 15.6. The molecule has 162 valence electrons. The van der Waals surface area contributed by atoms with Gasteiger partial charge in [0.15, 0.2) is 0 Å². The number of rotatable bonds is 5. The number of benzene rings is 3. The Morgan fingerprint density at radius 2 is 1.78 bits per heavy atom. The van der Waals surface area contributed by atoms with Crippen molar-refractivity contribution in [3.05, 3.63) is 66.7 Å². The molecule has 0 radical (unpaired) electrons. The van der Waals surface area contributed by atoms with Crippen molar-refractivity contribution < 1.29 is 14.3 Å². The van der Waals surface area contributed by atoms with E-state index in [2.05, 4.69) is 35.0 Å². The van der Waals surface area contributed by atoms with Gasteiger partial charge in [0, 0.05) is 47.0 Å². The third-order valence-corrected chi connectivity index (χ3v) is 6.23. The van der Waals surface area contributed by atoms with Gasteiger partial charge in [0.05, 0.1) is 18.7 Å². The lowest BCUT2D eigenvalue weighted by Gasteiger charge is -2.19. The van der Waals surface area contributed by atoms with Crippen molar-refractivity contribution in [2.75, 3.05) is 23.9 Å². The van der Waals surface area contributed by atoms with Crippen LogP contribution in [0.3, 0.4) is 0 Å². The Labute approximate surface area is 186 Å². The van der Waals surface area contributed by atoms with Gasteiger partial charge in [0.25, 0.3) is 0 Å². The Hall–Kier alpha value is -3.80. The van der Waals surface area contributed by atoms with Gasteiger partial charge >= 0.3 is 0 Å². The fraction of sp³-hybridized carbons (Fsp3) is 0.231. The van der Waals surface area contributed by atoms with E-state index in [1.165, 1.54) is 10.9 Å². The summed E-state index contributed by atoms with van der Waals surface area (Å²) in [6, 6.07) is 21.7. The van der Waals surface area contributed by atoms with Crippen LogP contribution in [-0.4, -0.2) is 30.0 Å². The zero-order valence-electron chi connectivity index (χ0n) is 18.2. The topological polar surface area (TPSA) is 63.6 Å². The van der Waals surface area contributed by atoms with E-state index in [1.807, 2.05) is 48.5 Å². The monoisotopic (exact) mass is 427 g/mol. The van der Waals surface area contributed by atoms with E-state index < -0.39 is 5.92 Å². The Morgan fingerprint density at radius 3 is 2.59 bits per heavy atom. The molecule has 6 nitrogen and oxygen atoms in total. The second kappa shape index (κ2) is 8.04. The minimum atomic E-state index is -0.417. The van der Waals surface area contributed by atoms with Gasteiger partial charge in [0.1, 0.15) is 5.75 Å². The van der Waals surface area contributed by atoms with E-state index in [1.54, 1.807) is 12.0 Å². The molecular formula is C26H25N3O3. The second-order valence-corrected chi connectivity index (χ2v) is 8.06. The summed E-state index contributed by atoms with van der Waals surface area (Å²) in [6.07, 6.45) is 0.182.